The van der Waals surface area contributed by atoms with Crippen LogP contribution in [0.5, 0.6) is 0 Å². The maximum absolute atomic E-state index is 12.4. The highest BCUT2D eigenvalue weighted by Gasteiger charge is 2.22. The average molecular weight is 325 g/mol. The van der Waals surface area contributed by atoms with Gasteiger partial charge in [-0.05, 0) is 63.4 Å². The maximum Gasteiger partial charge on any atom is 0.251 e. The zero-order valence-electron chi connectivity index (χ0n) is 13.1. The first-order valence-corrected chi connectivity index (χ1v) is 8.91. The molecule has 1 amide bonds. The Balaban J connectivity index is 2.25. The predicted molar refractivity (Wildman–Crippen MR) is 85.2 cm³/mol. The van der Waals surface area contributed by atoms with E-state index >= 15 is 0 Å². The Labute approximate surface area is 131 Å². The van der Waals surface area contributed by atoms with E-state index in [1.54, 1.807) is 19.9 Å². The molecule has 1 aliphatic heterocycles. The number of rotatable bonds is 3. The first kappa shape index (κ1) is 16.9. The van der Waals surface area contributed by atoms with Crippen molar-refractivity contribution < 1.29 is 13.2 Å². The van der Waals surface area contributed by atoms with Crippen LogP contribution in [-0.2, 0) is 10.0 Å². The molecule has 22 heavy (non-hydrogen) atoms. The molecule has 1 saturated heterocycles. The summed E-state index contributed by atoms with van der Waals surface area (Å²) in [5.74, 6) is -0.257. The number of benzene rings is 1. The molecule has 4 N–H and O–H groups in total. The van der Waals surface area contributed by atoms with Gasteiger partial charge in [0.25, 0.3) is 5.91 Å². The Bertz CT molecular complexity index is 686. The molecule has 2 rings (SSSR count). The smallest absolute Gasteiger partial charge is 0.251 e. The molecule has 1 aromatic rings. The first-order valence-electron chi connectivity index (χ1n) is 7.36. The van der Waals surface area contributed by atoms with Crippen LogP contribution in [0.25, 0.3) is 0 Å². The van der Waals surface area contributed by atoms with E-state index in [1.807, 2.05) is 0 Å². The van der Waals surface area contributed by atoms with Gasteiger partial charge in [-0.1, -0.05) is 0 Å². The van der Waals surface area contributed by atoms with Gasteiger partial charge in [0, 0.05) is 17.6 Å². The highest BCUT2D eigenvalue weighted by molar-refractivity contribution is 7.89. The minimum atomic E-state index is -3.84. The lowest BCUT2D eigenvalue weighted by Crippen LogP contribution is -2.46. The summed E-state index contributed by atoms with van der Waals surface area (Å²) in [4.78, 5) is 12.4. The summed E-state index contributed by atoms with van der Waals surface area (Å²) in [6, 6.07) is 3.52. The van der Waals surface area contributed by atoms with E-state index in [4.69, 9.17) is 5.14 Å². The van der Waals surface area contributed by atoms with Crippen molar-refractivity contribution in [3.05, 3.63) is 28.8 Å². The molecule has 0 aliphatic carbocycles. The molecule has 0 bridgehead atoms. The van der Waals surface area contributed by atoms with Crippen LogP contribution in [0.15, 0.2) is 17.0 Å². The molecular formula is C15H23N3O3S. The minimum absolute atomic E-state index is 0.0105. The van der Waals surface area contributed by atoms with Crippen molar-refractivity contribution in [3.63, 3.8) is 0 Å². The Morgan fingerprint density at radius 2 is 2.05 bits per heavy atom. The Kier molecular flexibility index (Phi) is 4.89. The first-order chi connectivity index (χ1) is 10.2. The number of carbonyl (C=O) groups excluding carboxylic acids is 1. The van der Waals surface area contributed by atoms with E-state index in [1.165, 1.54) is 6.07 Å². The van der Waals surface area contributed by atoms with E-state index < -0.39 is 10.0 Å². The Hall–Kier alpha value is -1.44. The van der Waals surface area contributed by atoms with Crippen LogP contribution in [0.1, 0.15) is 41.3 Å². The number of sulfonamides is 1. The van der Waals surface area contributed by atoms with E-state index in [0.29, 0.717) is 17.2 Å². The standard InChI is InChI=1S/C15H23N3O3S/c1-9-6-12(8-14(11(9)3)22(16,20)21)15(19)18-13-4-5-17-10(2)7-13/h6,8,10,13,17H,4-5,7H2,1-3H3,(H,18,19)(H2,16,20,21). The third-order valence-electron chi connectivity index (χ3n) is 4.15. The van der Waals surface area contributed by atoms with Crippen molar-refractivity contribution >= 4 is 15.9 Å². The van der Waals surface area contributed by atoms with Crippen LogP contribution >= 0.6 is 0 Å². The molecule has 2 unspecified atom stereocenters. The summed E-state index contributed by atoms with van der Waals surface area (Å²) in [5.41, 5.74) is 1.64. The summed E-state index contributed by atoms with van der Waals surface area (Å²) in [6.07, 6.45) is 1.72. The normalized spacial score (nSPS) is 22.4. The van der Waals surface area contributed by atoms with E-state index in [2.05, 4.69) is 17.6 Å². The van der Waals surface area contributed by atoms with Crippen LogP contribution in [0.2, 0.25) is 0 Å². The molecular weight excluding hydrogens is 302 g/mol. The fourth-order valence-corrected chi connectivity index (χ4v) is 3.66. The largest absolute Gasteiger partial charge is 0.349 e. The molecule has 1 heterocycles. The molecule has 7 heteroatoms. The van der Waals surface area contributed by atoms with Gasteiger partial charge in [-0.2, -0.15) is 0 Å². The number of hydrogen-bond acceptors (Lipinski definition) is 4. The topological polar surface area (TPSA) is 101 Å². The third kappa shape index (κ3) is 3.85. The van der Waals surface area contributed by atoms with Crippen molar-refractivity contribution in [2.24, 2.45) is 5.14 Å². The number of hydrogen-bond donors (Lipinski definition) is 3. The number of nitrogens with one attached hydrogen (secondary N) is 2. The number of primary sulfonamides is 1. The van der Waals surface area contributed by atoms with Gasteiger partial charge in [-0.3, -0.25) is 4.79 Å². The third-order valence-corrected chi connectivity index (χ3v) is 5.18. The van der Waals surface area contributed by atoms with Gasteiger partial charge < -0.3 is 10.6 Å². The van der Waals surface area contributed by atoms with Crippen LogP contribution < -0.4 is 15.8 Å². The molecule has 0 aromatic heterocycles. The van der Waals surface area contributed by atoms with Crippen molar-refractivity contribution in [3.8, 4) is 0 Å². The second-order valence-electron chi connectivity index (χ2n) is 6.01. The maximum atomic E-state index is 12.4. The van der Waals surface area contributed by atoms with Gasteiger partial charge in [-0.25, -0.2) is 13.6 Å². The molecule has 122 valence electrons. The lowest BCUT2D eigenvalue weighted by molar-refractivity contribution is 0.0925. The highest BCUT2D eigenvalue weighted by Crippen LogP contribution is 2.20. The van der Waals surface area contributed by atoms with Gasteiger partial charge in [0.05, 0.1) is 4.90 Å². The number of carbonyl (C=O) groups is 1. The highest BCUT2D eigenvalue weighted by atomic mass is 32.2. The zero-order valence-corrected chi connectivity index (χ0v) is 14.0. The molecule has 1 aliphatic rings. The SMILES string of the molecule is Cc1cc(C(=O)NC2CCNC(C)C2)cc(S(N)(=O)=O)c1C. The second kappa shape index (κ2) is 6.36. The molecule has 0 spiro atoms. The molecule has 2 atom stereocenters. The van der Waals surface area contributed by atoms with Gasteiger partial charge in [0.2, 0.25) is 10.0 Å². The fraction of sp³-hybridized carbons (Fsp3) is 0.533. The molecule has 0 radical (unpaired) electrons. The van der Waals surface area contributed by atoms with Gasteiger partial charge in [-0.15, -0.1) is 0 Å². The van der Waals surface area contributed by atoms with Gasteiger partial charge in [0.1, 0.15) is 0 Å². The van der Waals surface area contributed by atoms with Crippen molar-refractivity contribution in [2.75, 3.05) is 6.54 Å². The van der Waals surface area contributed by atoms with E-state index in [0.717, 1.165) is 24.9 Å². The fourth-order valence-electron chi connectivity index (χ4n) is 2.79. The van der Waals surface area contributed by atoms with E-state index in [9.17, 15) is 13.2 Å². The molecule has 1 aromatic carbocycles. The molecule has 0 saturated carbocycles. The van der Waals surface area contributed by atoms with E-state index in [-0.39, 0.29) is 16.8 Å². The number of nitrogens with two attached hydrogens (primary N) is 1. The molecule has 1 fully saturated rings. The summed E-state index contributed by atoms with van der Waals surface area (Å²) in [7, 11) is -3.84. The van der Waals surface area contributed by atoms with Crippen molar-refractivity contribution in [1.82, 2.24) is 10.6 Å². The van der Waals surface area contributed by atoms with Gasteiger partial charge >= 0.3 is 0 Å². The number of piperidine rings is 1. The second-order valence-corrected chi connectivity index (χ2v) is 7.54. The Morgan fingerprint density at radius 1 is 1.36 bits per heavy atom. The van der Waals surface area contributed by atoms with Crippen molar-refractivity contribution in [1.29, 1.82) is 0 Å². The monoisotopic (exact) mass is 325 g/mol. The van der Waals surface area contributed by atoms with Crippen LogP contribution in [0.4, 0.5) is 0 Å². The van der Waals surface area contributed by atoms with Gasteiger partial charge in [0.15, 0.2) is 0 Å². The average Bonchev–Trinajstić information content (AvgIpc) is 2.40. The minimum Gasteiger partial charge on any atom is -0.349 e. The number of amides is 1. The number of aryl methyl sites for hydroxylation is 1. The summed E-state index contributed by atoms with van der Waals surface area (Å²) >= 11 is 0. The predicted octanol–water partition coefficient (Wildman–Crippen LogP) is 0.821. The summed E-state index contributed by atoms with van der Waals surface area (Å²) < 4.78 is 23.3. The van der Waals surface area contributed by atoms with Crippen LogP contribution in [0, 0.1) is 13.8 Å². The molecule has 6 nitrogen and oxygen atoms in total. The Morgan fingerprint density at radius 3 is 2.64 bits per heavy atom. The lowest BCUT2D eigenvalue weighted by Gasteiger charge is -2.28. The summed E-state index contributed by atoms with van der Waals surface area (Å²) in [5, 5.41) is 11.5. The van der Waals surface area contributed by atoms with Crippen LogP contribution in [-0.4, -0.2) is 33.0 Å². The quantitative estimate of drug-likeness (QED) is 0.766. The lowest BCUT2D eigenvalue weighted by atomic mass is 9.99. The zero-order chi connectivity index (χ0) is 16.5. The summed E-state index contributed by atoms with van der Waals surface area (Å²) in [6.45, 7) is 6.40. The van der Waals surface area contributed by atoms with Crippen LogP contribution in [0.3, 0.4) is 0 Å². The van der Waals surface area contributed by atoms with Crippen molar-refractivity contribution in [2.45, 2.75) is 50.6 Å².